The second-order valence-electron chi connectivity index (χ2n) is 10.4. The Kier molecular flexibility index (Phi) is 7.00. The molecule has 4 aromatic rings. The zero-order valence-electron chi connectivity index (χ0n) is 22.7. The van der Waals surface area contributed by atoms with Gasteiger partial charge in [0.15, 0.2) is 11.5 Å². The molecule has 0 aromatic heterocycles. The van der Waals surface area contributed by atoms with E-state index in [1.807, 2.05) is 60.7 Å². The molecule has 4 atom stereocenters. The van der Waals surface area contributed by atoms with Crippen molar-refractivity contribution in [2.75, 3.05) is 7.11 Å². The number of carbonyl (C=O) groups is 3. The first kappa shape index (κ1) is 26.9. The van der Waals surface area contributed by atoms with E-state index in [0.717, 1.165) is 11.1 Å². The number of nitrogens with zero attached hydrogens (tertiary/aromatic N) is 3. The summed E-state index contributed by atoms with van der Waals surface area (Å²) in [6, 6.07) is 29.1. The number of ketones is 1. The number of nitro benzene ring substituents is 1. The lowest BCUT2D eigenvalue weighted by Crippen LogP contribution is -2.37. The lowest BCUT2D eigenvalue weighted by molar-refractivity contribution is -0.385. The molecule has 2 aliphatic rings. The molecule has 4 aromatic carbocycles. The van der Waals surface area contributed by atoms with Crippen molar-refractivity contribution in [3.8, 4) is 5.75 Å². The average Bonchev–Trinajstić information content (AvgIpc) is 3.50. The van der Waals surface area contributed by atoms with Gasteiger partial charge in [-0.1, -0.05) is 97.1 Å². The number of ether oxygens (including phenoxy) is 1. The predicted octanol–water partition coefficient (Wildman–Crippen LogP) is 5.77. The van der Waals surface area contributed by atoms with E-state index in [1.165, 1.54) is 29.0 Å². The third-order valence-corrected chi connectivity index (χ3v) is 8.11. The van der Waals surface area contributed by atoms with Crippen molar-refractivity contribution in [3.63, 3.8) is 0 Å². The maximum Gasteiger partial charge on any atom is 0.328 e. The molecule has 0 spiro atoms. The van der Waals surface area contributed by atoms with Gasteiger partial charge < -0.3 is 9.64 Å². The first-order valence-electron chi connectivity index (χ1n) is 13.5. The van der Waals surface area contributed by atoms with Gasteiger partial charge in [-0.05, 0) is 22.8 Å². The first-order valence-corrected chi connectivity index (χ1v) is 13.5. The molecule has 9 heteroatoms. The molecule has 2 saturated heterocycles. The summed E-state index contributed by atoms with van der Waals surface area (Å²) in [4.78, 5) is 56.8. The molecule has 4 unspecified atom stereocenters. The molecule has 2 aliphatic heterocycles. The quantitative estimate of drug-likeness (QED) is 0.117. The highest BCUT2D eigenvalue weighted by atomic mass is 16.6. The molecule has 0 N–H and O–H groups in total. The molecule has 210 valence electrons. The minimum absolute atomic E-state index is 0.0540. The van der Waals surface area contributed by atoms with Gasteiger partial charge in [-0.15, -0.1) is 0 Å². The first-order chi connectivity index (χ1) is 20.4. The van der Waals surface area contributed by atoms with Crippen LogP contribution in [0.15, 0.2) is 109 Å². The third kappa shape index (κ3) is 4.49. The van der Waals surface area contributed by atoms with Gasteiger partial charge in [0, 0.05) is 17.5 Å². The highest BCUT2D eigenvalue weighted by molar-refractivity contribution is 6.08. The van der Waals surface area contributed by atoms with Crippen LogP contribution in [0.25, 0.3) is 0 Å². The van der Waals surface area contributed by atoms with Crippen LogP contribution in [0.2, 0.25) is 0 Å². The maximum absolute atomic E-state index is 14.4. The van der Waals surface area contributed by atoms with E-state index in [9.17, 15) is 24.5 Å². The molecule has 9 nitrogen and oxygen atoms in total. The minimum Gasteiger partial charge on any atom is -0.490 e. The van der Waals surface area contributed by atoms with E-state index >= 15 is 0 Å². The summed E-state index contributed by atoms with van der Waals surface area (Å²) in [5, 5.41) is 12.0. The Hall–Kier alpha value is -5.31. The van der Waals surface area contributed by atoms with Crippen molar-refractivity contribution < 1.29 is 24.0 Å². The number of carbonyl (C=O) groups excluding carboxylic acids is 3. The number of urea groups is 1. The van der Waals surface area contributed by atoms with Gasteiger partial charge >= 0.3 is 11.7 Å². The Morgan fingerprint density at radius 2 is 1.45 bits per heavy atom. The Morgan fingerprint density at radius 1 is 0.833 bits per heavy atom. The van der Waals surface area contributed by atoms with E-state index in [4.69, 9.17) is 4.74 Å². The maximum atomic E-state index is 14.4. The third-order valence-electron chi connectivity index (χ3n) is 8.11. The Balaban J connectivity index is 1.55. The normalized spacial score (nSPS) is 21.4. The van der Waals surface area contributed by atoms with Crippen molar-refractivity contribution in [3.05, 3.63) is 142 Å². The number of amides is 3. The molecule has 0 saturated carbocycles. The lowest BCUT2D eigenvalue weighted by Gasteiger charge is -2.29. The van der Waals surface area contributed by atoms with E-state index in [0.29, 0.717) is 11.1 Å². The summed E-state index contributed by atoms with van der Waals surface area (Å²) in [5.41, 5.74) is 2.03. The van der Waals surface area contributed by atoms with Crippen LogP contribution in [0.1, 0.15) is 39.0 Å². The van der Waals surface area contributed by atoms with Gasteiger partial charge in [-0.3, -0.25) is 24.6 Å². The van der Waals surface area contributed by atoms with Crippen LogP contribution in [-0.2, 0) is 11.3 Å². The molecule has 0 aliphatic carbocycles. The number of hydrogen-bond donors (Lipinski definition) is 0. The van der Waals surface area contributed by atoms with Crippen LogP contribution in [0, 0.1) is 16.0 Å². The molecule has 2 heterocycles. The number of methoxy groups -OCH3 is 1. The minimum atomic E-state index is -0.979. The van der Waals surface area contributed by atoms with Crippen molar-refractivity contribution in [2.24, 2.45) is 5.92 Å². The van der Waals surface area contributed by atoms with Crippen LogP contribution < -0.4 is 4.74 Å². The number of rotatable bonds is 8. The van der Waals surface area contributed by atoms with Crippen LogP contribution in [0.3, 0.4) is 0 Å². The van der Waals surface area contributed by atoms with Gasteiger partial charge in [0.2, 0.25) is 0 Å². The van der Waals surface area contributed by atoms with E-state index in [2.05, 4.69) is 0 Å². The molecule has 0 bridgehead atoms. The number of nitro groups is 1. The van der Waals surface area contributed by atoms with Crippen molar-refractivity contribution >= 4 is 23.4 Å². The summed E-state index contributed by atoms with van der Waals surface area (Å²) in [5.74, 6) is -2.19. The number of fused-ring (bicyclic) bond motifs is 1. The summed E-state index contributed by atoms with van der Waals surface area (Å²) < 4.78 is 5.22. The Morgan fingerprint density at radius 3 is 2.07 bits per heavy atom. The molecular formula is C33H27N3O6. The predicted molar refractivity (Wildman–Crippen MR) is 154 cm³/mol. The van der Waals surface area contributed by atoms with E-state index < -0.39 is 40.8 Å². The zero-order valence-corrected chi connectivity index (χ0v) is 22.7. The standard InChI is InChI=1S/C33H27N3O6/c1-42-26-18-17-24(19-25(26)36(40)41)29-28(31(37)23-15-9-4-10-16-23)27(22-13-7-3-8-14-22)30-32(38)34(33(39)35(29)30)20-21-11-5-2-6-12-21/h2-19,27-30H,20H2,1H3. The second kappa shape index (κ2) is 10.9. The SMILES string of the molecule is COc1ccc(C2C(C(=O)c3ccccc3)C(c3ccccc3)C3C(=O)N(Cc4ccccc4)C(=O)N32)cc1[N+](=O)[O-]. The smallest absolute Gasteiger partial charge is 0.328 e. The summed E-state index contributed by atoms with van der Waals surface area (Å²) >= 11 is 0. The fourth-order valence-corrected chi connectivity index (χ4v) is 6.30. The fraction of sp³-hybridized carbons (Fsp3) is 0.182. The van der Waals surface area contributed by atoms with Gasteiger partial charge in [0.25, 0.3) is 5.91 Å². The zero-order chi connectivity index (χ0) is 29.4. The van der Waals surface area contributed by atoms with Crippen molar-refractivity contribution in [2.45, 2.75) is 24.5 Å². The summed E-state index contributed by atoms with van der Waals surface area (Å²) in [6.45, 7) is 0.0692. The average molecular weight is 562 g/mol. The van der Waals surface area contributed by atoms with Crippen LogP contribution in [0.5, 0.6) is 5.75 Å². The highest BCUT2D eigenvalue weighted by Crippen LogP contribution is 2.54. The molecule has 2 fully saturated rings. The van der Waals surface area contributed by atoms with Crippen LogP contribution in [-0.4, -0.2) is 45.6 Å². The topological polar surface area (TPSA) is 110 Å². The number of benzene rings is 4. The molecule has 3 amide bonds. The number of hydrogen-bond acceptors (Lipinski definition) is 6. The fourth-order valence-electron chi connectivity index (χ4n) is 6.30. The van der Waals surface area contributed by atoms with Gasteiger partial charge in [-0.2, -0.15) is 0 Å². The second-order valence-corrected chi connectivity index (χ2v) is 10.4. The van der Waals surface area contributed by atoms with Crippen LogP contribution >= 0.6 is 0 Å². The molecule has 42 heavy (non-hydrogen) atoms. The largest absolute Gasteiger partial charge is 0.490 e. The Bertz CT molecular complexity index is 1660. The molecular weight excluding hydrogens is 534 g/mol. The summed E-state index contributed by atoms with van der Waals surface area (Å²) in [6.07, 6.45) is 0. The van der Waals surface area contributed by atoms with Crippen molar-refractivity contribution in [1.29, 1.82) is 0 Å². The van der Waals surface area contributed by atoms with E-state index in [1.54, 1.807) is 36.4 Å². The highest BCUT2D eigenvalue weighted by Gasteiger charge is 2.63. The van der Waals surface area contributed by atoms with E-state index in [-0.39, 0.29) is 23.8 Å². The molecule has 0 radical (unpaired) electrons. The van der Waals surface area contributed by atoms with Crippen LogP contribution in [0.4, 0.5) is 10.5 Å². The molecule has 6 rings (SSSR count). The van der Waals surface area contributed by atoms with Gasteiger partial charge in [0.05, 0.1) is 30.5 Å². The Labute approximate surface area is 242 Å². The number of imide groups is 1. The number of Topliss-reactive ketones (excluding diaryl/α,β-unsaturated/α-hetero) is 1. The van der Waals surface area contributed by atoms with Gasteiger partial charge in [-0.25, -0.2) is 4.79 Å². The monoisotopic (exact) mass is 561 g/mol. The summed E-state index contributed by atoms with van der Waals surface area (Å²) in [7, 11) is 1.34. The lowest BCUT2D eigenvalue weighted by atomic mass is 9.75. The van der Waals surface area contributed by atoms with Gasteiger partial charge in [0.1, 0.15) is 6.04 Å². The van der Waals surface area contributed by atoms with Crippen molar-refractivity contribution in [1.82, 2.24) is 9.80 Å².